The van der Waals surface area contributed by atoms with Crippen LogP contribution in [0.1, 0.15) is 30.1 Å². The number of nitrogens with one attached hydrogen (secondary N) is 2. The molecule has 3 rings (SSSR count). The first-order valence-corrected chi connectivity index (χ1v) is 11.4. The number of likely N-dealkylation sites (tertiary alicyclic amines) is 1. The van der Waals surface area contributed by atoms with Crippen LogP contribution in [0, 0.1) is 5.92 Å². The molecule has 1 saturated heterocycles. The van der Waals surface area contributed by atoms with Gasteiger partial charge in [0.2, 0.25) is 0 Å². The van der Waals surface area contributed by atoms with Crippen LogP contribution in [-0.2, 0) is 0 Å². The maximum Gasteiger partial charge on any atom is 0.406 e. The molecular formula is C24H31ClN4O5. The number of methoxy groups -OCH3 is 1. The lowest BCUT2D eigenvalue weighted by Crippen LogP contribution is -2.63. The number of para-hydroxylation sites is 1. The fourth-order valence-corrected chi connectivity index (χ4v) is 4.22. The van der Waals surface area contributed by atoms with E-state index in [-0.39, 0.29) is 18.4 Å². The van der Waals surface area contributed by atoms with Gasteiger partial charge in [0, 0.05) is 25.7 Å². The summed E-state index contributed by atoms with van der Waals surface area (Å²) >= 11 is 6.07. The lowest BCUT2D eigenvalue weighted by Gasteiger charge is -2.44. The standard InChI is InChI=1S/C24H31ClN4O5/c1-24(28-23(31)32,15-34-17-6-4-3-5-7-17)29-10-8-16(9-11-29)14-27-22(30)18-12-19(25)20(26)13-21(18)33-2/h3-7,12-13,16,28H,8-11,14-15,26H2,1-2H3,(H,27,30)(H,31,32). The quantitative estimate of drug-likeness (QED) is 0.396. The number of rotatable bonds is 9. The highest BCUT2D eigenvalue weighted by Crippen LogP contribution is 2.29. The van der Waals surface area contributed by atoms with Crippen LogP contribution in [0.2, 0.25) is 5.02 Å². The first-order valence-electron chi connectivity index (χ1n) is 11.1. The second-order valence-corrected chi connectivity index (χ2v) is 8.93. The van der Waals surface area contributed by atoms with E-state index in [0.29, 0.717) is 47.4 Å². The van der Waals surface area contributed by atoms with Gasteiger partial charge in [-0.3, -0.25) is 9.69 Å². The number of carboxylic acid groups (broad SMARTS) is 1. The van der Waals surface area contributed by atoms with Gasteiger partial charge in [0.1, 0.15) is 23.8 Å². The molecule has 5 N–H and O–H groups in total. The minimum absolute atomic E-state index is 0.169. The zero-order chi connectivity index (χ0) is 24.7. The summed E-state index contributed by atoms with van der Waals surface area (Å²) in [6.45, 7) is 3.80. The molecule has 0 saturated carbocycles. The molecule has 1 unspecified atom stereocenters. The largest absolute Gasteiger partial charge is 0.496 e. The fraction of sp³-hybridized carbons (Fsp3) is 0.417. The van der Waals surface area contributed by atoms with Crippen LogP contribution >= 0.6 is 11.6 Å². The van der Waals surface area contributed by atoms with Crippen LogP contribution in [0.15, 0.2) is 42.5 Å². The summed E-state index contributed by atoms with van der Waals surface area (Å²) in [6.07, 6.45) is 0.481. The Labute approximate surface area is 204 Å². The molecule has 0 spiro atoms. The van der Waals surface area contributed by atoms with Crippen molar-refractivity contribution in [1.82, 2.24) is 15.5 Å². The van der Waals surface area contributed by atoms with Crippen molar-refractivity contribution in [2.75, 3.05) is 39.1 Å². The Balaban J connectivity index is 1.56. The Hall–Kier alpha value is -3.17. The average Bonchev–Trinajstić information content (AvgIpc) is 2.83. The summed E-state index contributed by atoms with van der Waals surface area (Å²) in [7, 11) is 1.47. The van der Waals surface area contributed by atoms with Crippen molar-refractivity contribution in [3.05, 3.63) is 53.1 Å². The van der Waals surface area contributed by atoms with Gasteiger partial charge >= 0.3 is 6.09 Å². The molecule has 9 nitrogen and oxygen atoms in total. The van der Waals surface area contributed by atoms with Crippen LogP contribution < -0.4 is 25.8 Å². The molecule has 1 aliphatic rings. The van der Waals surface area contributed by atoms with Gasteiger partial charge in [0.25, 0.3) is 5.91 Å². The summed E-state index contributed by atoms with van der Waals surface area (Å²) in [5, 5.41) is 15.3. The van der Waals surface area contributed by atoms with E-state index in [4.69, 9.17) is 26.8 Å². The zero-order valence-electron chi connectivity index (χ0n) is 19.3. The maximum absolute atomic E-state index is 12.7. The van der Waals surface area contributed by atoms with Gasteiger partial charge in [-0.1, -0.05) is 29.8 Å². The molecule has 1 atom stereocenters. The third kappa shape index (κ3) is 6.45. The summed E-state index contributed by atoms with van der Waals surface area (Å²) in [5.74, 6) is 1.01. The molecule has 0 radical (unpaired) electrons. The molecule has 0 aromatic heterocycles. The topological polar surface area (TPSA) is 126 Å². The summed E-state index contributed by atoms with van der Waals surface area (Å²) in [6, 6.07) is 12.3. The predicted molar refractivity (Wildman–Crippen MR) is 131 cm³/mol. The van der Waals surface area contributed by atoms with Crippen molar-refractivity contribution in [3.8, 4) is 11.5 Å². The Morgan fingerprint density at radius 1 is 1.24 bits per heavy atom. The molecule has 1 fully saturated rings. The van der Waals surface area contributed by atoms with E-state index >= 15 is 0 Å². The van der Waals surface area contributed by atoms with Crippen LogP contribution in [0.4, 0.5) is 10.5 Å². The van der Waals surface area contributed by atoms with E-state index < -0.39 is 11.8 Å². The van der Waals surface area contributed by atoms with Gasteiger partial charge in [-0.25, -0.2) is 4.79 Å². The highest BCUT2D eigenvalue weighted by molar-refractivity contribution is 6.33. The third-order valence-corrected chi connectivity index (χ3v) is 6.39. The number of nitrogen functional groups attached to an aromatic ring is 1. The van der Waals surface area contributed by atoms with Crippen molar-refractivity contribution >= 4 is 29.3 Å². The number of carbonyl (C=O) groups is 2. The Kier molecular flexibility index (Phi) is 8.46. The summed E-state index contributed by atoms with van der Waals surface area (Å²) in [5.41, 5.74) is 5.58. The number of nitrogens with two attached hydrogens (primary N) is 1. The minimum Gasteiger partial charge on any atom is -0.496 e. The van der Waals surface area contributed by atoms with Crippen molar-refractivity contribution in [2.24, 2.45) is 5.92 Å². The molecule has 34 heavy (non-hydrogen) atoms. The predicted octanol–water partition coefficient (Wildman–Crippen LogP) is 3.44. The van der Waals surface area contributed by atoms with Crippen molar-refractivity contribution in [2.45, 2.75) is 25.4 Å². The van der Waals surface area contributed by atoms with Crippen LogP contribution in [-0.4, -0.2) is 61.0 Å². The molecular weight excluding hydrogens is 460 g/mol. The lowest BCUT2D eigenvalue weighted by molar-refractivity contribution is 0.00448. The highest BCUT2D eigenvalue weighted by Gasteiger charge is 2.37. The number of hydrogen-bond donors (Lipinski definition) is 4. The zero-order valence-corrected chi connectivity index (χ0v) is 20.1. The number of nitrogens with zero attached hydrogens (tertiary/aromatic N) is 1. The second-order valence-electron chi connectivity index (χ2n) is 8.52. The van der Waals surface area contributed by atoms with Gasteiger partial charge in [0.15, 0.2) is 0 Å². The minimum atomic E-state index is -1.11. The smallest absolute Gasteiger partial charge is 0.406 e. The number of ether oxygens (including phenoxy) is 2. The van der Waals surface area contributed by atoms with E-state index in [1.165, 1.54) is 19.2 Å². The maximum atomic E-state index is 12.7. The lowest BCUT2D eigenvalue weighted by atomic mass is 9.94. The number of carbonyl (C=O) groups excluding carboxylic acids is 1. The molecule has 2 aromatic carbocycles. The summed E-state index contributed by atoms with van der Waals surface area (Å²) in [4.78, 5) is 26.3. The second kappa shape index (κ2) is 11.3. The monoisotopic (exact) mass is 490 g/mol. The normalized spacial score (nSPS) is 16.3. The number of amides is 2. The van der Waals surface area contributed by atoms with E-state index in [1.807, 2.05) is 37.3 Å². The number of hydrogen-bond acceptors (Lipinski definition) is 6. The van der Waals surface area contributed by atoms with Crippen molar-refractivity contribution in [3.63, 3.8) is 0 Å². The molecule has 2 aromatic rings. The Bertz CT molecular complexity index is 998. The van der Waals surface area contributed by atoms with Gasteiger partial charge < -0.3 is 30.9 Å². The van der Waals surface area contributed by atoms with E-state index in [2.05, 4.69) is 15.5 Å². The molecule has 0 aliphatic carbocycles. The van der Waals surface area contributed by atoms with Gasteiger partial charge in [-0.05, 0) is 43.9 Å². The van der Waals surface area contributed by atoms with Crippen molar-refractivity contribution < 1.29 is 24.2 Å². The Morgan fingerprint density at radius 3 is 2.53 bits per heavy atom. The third-order valence-electron chi connectivity index (χ3n) is 6.07. The molecule has 2 amide bonds. The van der Waals surface area contributed by atoms with Crippen molar-refractivity contribution in [1.29, 1.82) is 0 Å². The fourth-order valence-electron chi connectivity index (χ4n) is 4.06. The molecule has 1 heterocycles. The number of benzene rings is 2. The van der Waals surface area contributed by atoms with Crippen LogP contribution in [0.25, 0.3) is 0 Å². The van der Waals surface area contributed by atoms with Crippen LogP contribution in [0.3, 0.4) is 0 Å². The highest BCUT2D eigenvalue weighted by atomic mass is 35.5. The summed E-state index contributed by atoms with van der Waals surface area (Å²) < 4.78 is 11.1. The van der Waals surface area contributed by atoms with E-state index in [0.717, 1.165) is 12.8 Å². The number of halogens is 1. The first-order chi connectivity index (χ1) is 16.2. The molecule has 10 heteroatoms. The van der Waals surface area contributed by atoms with Gasteiger partial charge in [-0.2, -0.15) is 0 Å². The molecule has 0 bridgehead atoms. The number of anilines is 1. The molecule has 184 valence electrons. The average molecular weight is 491 g/mol. The molecule has 1 aliphatic heterocycles. The number of piperidine rings is 1. The van der Waals surface area contributed by atoms with E-state index in [1.54, 1.807) is 0 Å². The first kappa shape index (κ1) is 25.5. The SMILES string of the molecule is COc1cc(N)c(Cl)cc1C(=O)NCC1CCN(C(C)(COc2ccccc2)NC(=O)O)CC1. The Morgan fingerprint density at radius 2 is 1.91 bits per heavy atom. The van der Waals surface area contributed by atoms with E-state index in [9.17, 15) is 14.7 Å². The van der Waals surface area contributed by atoms with Gasteiger partial charge in [0.05, 0.1) is 23.4 Å². The van der Waals surface area contributed by atoms with Gasteiger partial charge in [-0.15, -0.1) is 0 Å². The van der Waals surface area contributed by atoms with Crippen LogP contribution in [0.5, 0.6) is 11.5 Å².